The number of fused-ring (bicyclic) bond motifs is 1. The molecule has 0 radical (unpaired) electrons. The molecule has 6 heteroatoms. The molecule has 1 aromatic carbocycles. The largest absolute Gasteiger partial charge is 0.351 e. The Kier molecular flexibility index (Phi) is 2.09. The number of hydrogen-bond donors (Lipinski definition) is 1. The summed E-state index contributed by atoms with van der Waals surface area (Å²) in [5.74, 6) is 0. The molecule has 0 aliphatic heterocycles. The van der Waals surface area contributed by atoms with Crippen molar-refractivity contribution >= 4 is 40.3 Å². The van der Waals surface area contributed by atoms with Gasteiger partial charge in [-0.3, -0.25) is 4.57 Å². The van der Waals surface area contributed by atoms with Gasteiger partial charge in [-0.2, -0.15) is 0 Å². The summed E-state index contributed by atoms with van der Waals surface area (Å²) in [6.45, 7) is 0. The van der Waals surface area contributed by atoms with E-state index in [1.165, 1.54) is 10.9 Å². The molecule has 0 saturated heterocycles. The number of primary amides is 1. The molecule has 2 N–H and O–H groups in total. The van der Waals surface area contributed by atoms with Gasteiger partial charge in [0.25, 0.3) is 0 Å². The fraction of sp³-hybridized carbons (Fsp3) is 0. The van der Waals surface area contributed by atoms with Gasteiger partial charge in [0, 0.05) is 0 Å². The monoisotopic (exact) mass is 229 g/mol. The number of aromatic nitrogens is 2. The van der Waals surface area contributed by atoms with Crippen molar-refractivity contribution in [3.8, 4) is 0 Å². The van der Waals surface area contributed by atoms with Crippen LogP contribution < -0.4 is 5.73 Å². The van der Waals surface area contributed by atoms with Crippen LogP contribution in [0.4, 0.5) is 4.79 Å². The van der Waals surface area contributed by atoms with E-state index in [1.54, 1.807) is 12.1 Å². The fourth-order valence-electron chi connectivity index (χ4n) is 1.18. The highest BCUT2D eigenvalue weighted by atomic mass is 35.5. The lowest BCUT2D eigenvalue weighted by atomic mass is 10.3. The number of imidazole rings is 1. The molecule has 4 nitrogen and oxygen atoms in total. The molecule has 1 aromatic heterocycles. The van der Waals surface area contributed by atoms with Gasteiger partial charge in [-0.25, -0.2) is 9.78 Å². The van der Waals surface area contributed by atoms with Crippen LogP contribution in [0.15, 0.2) is 18.5 Å². The molecule has 0 bridgehead atoms. The Hall–Kier alpha value is -1.26. The van der Waals surface area contributed by atoms with Crippen molar-refractivity contribution in [3.63, 3.8) is 0 Å². The Labute approximate surface area is 89.2 Å². The lowest BCUT2D eigenvalue weighted by molar-refractivity contribution is 0.251. The zero-order valence-corrected chi connectivity index (χ0v) is 8.38. The van der Waals surface area contributed by atoms with Crippen LogP contribution in [0.5, 0.6) is 0 Å². The molecule has 0 saturated carbocycles. The number of carbonyl (C=O) groups excluding carboxylic acids is 1. The Bertz CT molecular complexity index is 521. The van der Waals surface area contributed by atoms with E-state index >= 15 is 0 Å². The molecular formula is C8H5Cl2N3O. The summed E-state index contributed by atoms with van der Waals surface area (Å²) in [4.78, 5) is 14.9. The number of hydrogen-bond acceptors (Lipinski definition) is 2. The number of rotatable bonds is 0. The Morgan fingerprint density at radius 2 is 2.00 bits per heavy atom. The second kappa shape index (κ2) is 3.15. The summed E-state index contributed by atoms with van der Waals surface area (Å²) in [7, 11) is 0. The van der Waals surface area contributed by atoms with Crippen molar-refractivity contribution in [2.45, 2.75) is 0 Å². The molecule has 1 amide bonds. The summed E-state index contributed by atoms with van der Waals surface area (Å²) in [5, 5.41) is 0.760. The SMILES string of the molecule is NC(=O)n1cnc2cc(Cl)c(Cl)cc21. The van der Waals surface area contributed by atoms with Crippen LogP contribution in [0, 0.1) is 0 Å². The van der Waals surface area contributed by atoms with E-state index in [0.717, 1.165) is 0 Å². The number of nitrogens with zero attached hydrogens (tertiary/aromatic N) is 2. The van der Waals surface area contributed by atoms with E-state index < -0.39 is 6.03 Å². The Morgan fingerprint density at radius 1 is 1.36 bits per heavy atom. The van der Waals surface area contributed by atoms with Gasteiger partial charge in [0.2, 0.25) is 0 Å². The predicted octanol–water partition coefficient (Wildman–Crippen LogP) is 2.27. The Balaban J connectivity index is 2.80. The lowest BCUT2D eigenvalue weighted by Gasteiger charge is -1.98. The van der Waals surface area contributed by atoms with Gasteiger partial charge >= 0.3 is 6.03 Å². The highest BCUT2D eigenvalue weighted by Gasteiger charge is 2.09. The summed E-state index contributed by atoms with van der Waals surface area (Å²) in [6, 6.07) is 2.53. The van der Waals surface area contributed by atoms with Crippen molar-refractivity contribution in [1.82, 2.24) is 9.55 Å². The first-order chi connectivity index (χ1) is 6.59. The molecule has 72 valence electrons. The smallest absolute Gasteiger partial charge is 0.324 e. The van der Waals surface area contributed by atoms with Gasteiger partial charge in [-0.15, -0.1) is 0 Å². The van der Waals surface area contributed by atoms with E-state index in [0.29, 0.717) is 21.1 Å². The van der Waals surface area contributed by atoms with Crippen LogP contribution in [0.25, 0.3) is 11.0 Å². The van der Waals surface area contributed by atoms with Gasteiger partial charge in [0.15, 0.2) is 0 Å². The molecule has 0 aliphatic carbocycles. The molecular weight excluding hydrogens is 225 g/mol. The third kappa shape index (κ3) is 1.32. The summed E-state index contributed by atoms with van der Waals surface area (Å²) in [5.41, 5.74) is 6.25. The van der Waals surface area contributed by atoms with Crippen molar-refractivity contribution in [1.29, 1.82) is 0 Å². The van der Waals surface area contributed by atoms with E-state index in [2.05, 4.69) is 4.98 Å². The minimum Gasteiger partial charge on any atom is -0.351 e. The maximum absolute atomic E-state index is 10.9. The molecule has 1 heterocycles. The lowest BCUT2D eigenvalue weighted by Crippen LogP contribution is -2.18. The van der Waals surface area contributed by atoms with Gasteiger partial charge < -0.3 is 5.73 Å². The zero-order valence-electron chi connectivity index (χ0n) is 6.87. The van der Waals surface area contributed by atoms with E-state index in [-0.39, 0.29) is 0 Å². The average Bonchev–Trinajstić information content (AvgIpc) is 2.48. The number of nitrogens with two attached hydrogens (primary N) is 1. The minimum atomic E-state index is -0.606. The molecule has 0 aliphatic rings. The molecule has 0 atom stereocenters. The normalized spacial score (nSPS) is 10.7. The predicted molar refractivity (Wildman–Crippen MR) is 54.7 cm³/mol. The minimum absolute atomic E-state index is 0.363. The molecule has 2 rings (SSSR count). The van der Waals surface area contributed by atoms with Crippen LogP contribution in [0.1, 0.15) is 0 Å². The van der Waals surface area contributed by atoms with E-state index in [9.17, 15) is 4.79 Å². The highest BCUT2D eigenvalue weighted by molar-refractivity contribution is 6.42. The molecule has 2 aromatic rings. The van der Waals surface area contributed by atoms with Crippen molar-refractivity contribution in [3.05, 3.63) is 28.5 Å². The molecule has 0 unspecified atom stereocenters. The standard InChI is InChI=1S/C8H5Cl2N3O/c9-4-1-6-7(2-5(4)10)13(3-12-6)8(11)14/h1-3H,(H2,11,14). The van der Waals surface area contributed by atoms with Crippen LogP contribution in [0.3, 0.4) is 0 Å². The Morgan fingerprint density at radius 3 is 2.64 bits per heavy atom. The van der Waals surface area contributed by atoms with Gasteiger partial charge in [0.1, 0.15) is 6.33 Å². The average molecular weight is 230 g/mol. The van der Waals surface area contributed by atoms with Crippen LogP contribution in [-0.4, -0.2) is 15.6 Å². The summed E-state index contributed by atoms with van der Waals surface area (Å²) in [6.07, 6.45) is 1.33. The van der Waals surface area contributed by atoms with Crippen LogP contribution in [0.2, 0.25) is 10.0 Å². The van der Waals surface area contributed by atoms with Crippen molar-refractivity contribution in [2.24, 2.45) is 5.73 Å². The second-order valence-electron chi connectivity index (χ2n) is 2.71. The number of carbonyl (C=O) groups is 1. The third-order valence-corrected chi connectivity index (χ3v) is 2.55. The number of halogens is 2. The molecule has 14 heavy (non-hydrogen) atoms. The first-order valence-electron chi connectivity index (χ1n) is 3.71. The van der Waals surface area contributed by atoms with E-state index in [4.69, 9.17) is 28.9 Å². The maximum atomic E-state index is 10.9. The van der Waals surface area contributed by atoms with Gasteiger partial charge in [-0.05, 0) is 12.1 Å². The zero-order chi connectivity index (χ0) is 10.3. The second-order valence-corrected chi connectivity index (χ2v) is 3.52. The highest BCUT2D eigenvalue weighted by Crippen LogP contribution is 2.26. The molecule has 0 fully saturated rings. The van der Waals surface area contributed by atoms with Crippen LogP contribution in [-0.2, 0) is 0 Å². The molecule has 0 spiro atoms. The summed E-state index contributed by atoms with van der Waals surface area (Å²) >= 11 is 11.6. The maximum Gasteiger partial charge on any atom is 0.324 e. The van der Waals surface area contributed by atoms with Crippen molar-refractivity contribution in [2.75, 3.05) is 0 Å². The first-order valence-corrected chi connectivity index (χ1v) is 4.47. The third-order valence-electron chi connectivity index (χ3n) is 1.83. The van der Waals surface area contributed by atoms with Gasteiger partial charge in [-0.1, -0.05) is 23.2 Å². The quantitative estimate of drug-likeness (QED) is 0.754. The summed E-state index contributed by atoms with van der Waals surface area (Å²) < 4.78 is 1.21. The topological polar surface area (TPSA) is 60.9 Å². The van der Waals surface area contributed by atoms with E-state index in [1.807, 2.05) is 0 Å². The van der Waals surface area contributed by atoms with Gasteiger partial charge in [0.05, 0.1) is 21.1 Å². The van der Waals surface area contributed by atoms with Crippen LogP contribution >= 0.6 is 23.2 Å². The fourth-order valence-corrected chi connectivity index (χ4v) is 1.50. The van der Waals surface area contributed by atoms with Crippen molar-refractivity contribution < 1.29 is 4.79 Å². The first kappa shape index (κ1) is 9.30. The number of benzene rings is 1. The number of amides is 1.